The van der Waals surface area contributed by atoms with Gasteiger partial charge in [0.2, 0.25) is 0 Å². The number of aliphatic hydroxyl groups excluding tert-OH is 1. The van der Waals surface area contributed by atoms with E-state index in [1.54, 1.807) is 17.5 Å². The molecule has 1 aliphatic rings. The summed E-state index contributed by atoms with van der Waals surface area (Å²) in [4.78, 5) is 13.8. The highest BCUT2D eigenvalue weighted by Crippen LogP contribution is 2.52. The fraction of sp³-hybridized carbons (Fsp3) is 0.344. The number of methoxy groups -OCH3 is 1. The third-order valence-electron chi connectivity index (χ3n) is 7.77. The zero-order chi connectivity index (χ0) is 29.7. The van der Waals surface area contributed by atoms with Gasteiger partial charge in [-0.05, 0) is 61.2 Å². The number of carbonyl (C=O) groups excluding carboxylic acids is 1. The first-order valence-corrected chi connectivity index (χ1v) is 16.0. The van der Waals surface area contributed by atoms with E-state index in [1.807, 2.05) is 84.4 Å². The molecule has 9 nitrogen and oxygen atoms in total. The zero-order valence-corrected chi connectivity index (χ0v) is 24.9. The van der Waals surface area contributed by atoms with Gasteiger partial charge < -0.3 is 25.0 Å². The Morgan fingerprint density at radius 1 is 1.05 bits per heavy atom. The maximum Gasteiger partial charge on any atom is 0.251 e. The molecule has 224 valence electrons. The van der Waals surface area contributed by atoms with Gasteiger partial charge in [0, 0.05) is 43.3 Å². The van der Waals surface area contributed by atoms with Gasteiger partial charge >= 0.3 is 0 Å². The molecule has 1 saturated heterocycles. The molecule has 1 aliphatic heterocycles. The van der Waals surface area contributed by atoms with Gasteiger partial charge in [-0.15, -0.1) is 10.8 Å². The lowest BCUT2D eigenvalue weighted by Gasteiger charge is -2.38. The Hall–Kier alpha value is -3.54. The number of nitrogens with one attached hydrogen (secondary N) is 2. The Labute approximate surface area is 248 Å². The van der Waals surface area contributed by atoms with Crippen molar-refractivity contribution in [3.8, 4) is 5.75 Å². The summed E-state index contributed by atoms with van der Waals surface area (Å²) in [6.45, 7) is 4.05. The second-order valence-corrected chi connectivity index (χ2v) is 12.8. The van der Waals surface area contributed by atoms with Gasteiger partial charge in [-0.3, -0.25) is 18.2 Å². The molecule has 5 N–H and O–H groups in total. The van der Waals surface area contributed by atoms with Crippen LogP contribution in [0.2, 0.25) is 0 Å². The third-order valence-corrected chi connectivity index (χ3v) is 9.69. The lowest BCUT2D eigenvalue weighted by atomic mass is 10.00. The largest absolute Gasteiger partial charge is 0.497 e. The topological polar surface area (TPSA) is 119 Å². The average Bonchev–Trinajstić information content (AvgIpc) is 3.58. The van der Waals surface area contributed by atoms with Crippen LogP contribution in [0.15, 0.2) is 79.0 Å². The van der Waals surface area contributed by atoms with Crippen molar-refractivity contribution in [3.05, 3.63) is 95.7 Å². The number of fused-ring (bicyclic) bond motifs is 1. The Morgan fingerprint density at radius 3 is 2.55 bits per heavy atom. The number of aryl methyl sites for hydroxylation is 1. The predicted octanol–water partition coefficient (Wildman–Crippen LogP) is 5.04. The number of rotatable bonds is 12. The molecular formula is C32H40N4O5S. The van der Waals surface area contributed by atoms with Crippen LogP contribution in [0.5, 0.6) is 5.75 Å². The van der Waals surface area contributed by atoms with Crippen molar-refractivity contribution in [1.29, 1.82) is 0 Å². The van der Waals surface area contributed by atoms with Crippen LogP contribution >= 0.6 is 10.8 Å². The van der Waals surface area contributed by atoms with E-state index in [2.05, 4.69) is 10.6 Å². The number of ether oxygens (including phenoxy) is 1. The van der Waals surface area contributed by atoms with Crippen LogP contribution < -0.4 is 19.7 Å². The number of nitrogens with zero attached hydrogens (tertiary/aromatic N) is 2. The minimum atomic E-state index is -2.95. The minimum absolute atomic E-state index is 0.270. The summed E-state index contributed by atoms with van der Waals surface area (Å²) in [5.41, 5.74) is 3.92. The summed E-state index contributed by atoms with van der Waals surface area (Å²) in [7, 11) is -1.32. The lowest BCUT2D eigenvalue weighted by Crippen LogP contribution is -2.48. The molecule has 0 unspecified atom stereocenters. The second kappa shape index (κ2) is 13.2. The number of hydrogen-bond donors (Lipinski definition) is 5. The highest BCUT2D eigenvalue weighted by Gasteiger charge is 2.32. The van der Waals surface area contributed by atoms with Crippen molar-refractivity contribution >= 4 is 33.3 Å². The van der Waals surface area contributed by atoms with Crippen molar-refractivity contribution in [1.82, 2.24) is 15.2 Å². The van der Waals surface area contributed by atoms with Crippen LogP contribution in [0, 0.1) is 0 Å². The number of aliphatic hydroxyl groups is 1. The first-order chi connectivity index (χ1) is 20.3. The molecule has 0 bridgehead atoms. The molecule has 4 aromatic rings. The van der Waals surface area contributed by atoms with Gasteiger partial charge in [-0.1, -0.05) is 42.5 Å². The van der Waals surface area contributed by atoms with Crippen molar-refractivity contribution in [2.75, 3.05) is 30.3 Å². The van der Waals surface area contributed by atoms with Gasteiger partial charge in [-0.25, -0.2) is 0 Å². The quantitative estimate of drug-likeness (QED) is 0.156. The maximum atomic E-state index is 13.8. The van der Waals surface area contributed by atoms with Crippen LogP contribution in [0.4, 0.5) is 5.69 Å². The summed E-state index contributed by atoms with van der Waals surface area (Å²) < 4.78 is 30.5. The molecule has 42 heavy (non-hydrogen) atoms. The Morgan fingerprint density at radius 2 is 1.83 bits per heavy atom. The third kappa shape index (κ3) is 6.74. The summed E-state index contributed by atoms with van der Waals surface area (Å²) in [6, 6.07) is 22.5. The van der Waals surface area contributed by atoms with E-state index in [0.717, 1.165) is 27.8 Å². The van der Waals surface area contributed by atoms with Gasteiger partial charge in [0.1, 0.15) is 5.75 Å². The van der Waals surface area contributed by atoms with Gasteiger partial charge in [0.05, 0.1) is 36.2 Å². The molecule has 1 amide bonds. The zero-order valence-electron chi connectivity index (χ0n) is 24.1. The highest BCUT2D eigenvalue weighted by molar-refractivity contribution is 8.25. The second-order valence-electron chi connectivity index (χ2n) is 10.6. The summed E-state index contributed by atoms with van der Waals surface area (Å²) in [5.74, 6) is 0.753. The van der Waals surface area contributed by atoms with Gasteiger partial charge in [0.25, 0.3) is 5.91 Å². The number of amides is 1. The van der Waals surface area contributed by atoms with E-state index >= 15 is 0 Å². The first-order valence-electron chi connectivity index (χ1n) is 14.3. The summed E-state index contributed by atoms with van der Waals surface area (Å²) in [6.07, 6.45) is 2.20. The van der Waals surface area contributed by atoms with E-state index in [4.69, 9.17) is 4.74 Å². The molecular weight excluding hydrogens is 552 g/mol. The molecule has 0 spiro atoms. The van der Waals surface area contributed by atoms with Crippen LogP contribution in [0.1, 0.15) is 34.8 Å². The van der Waals surface area contributed by atoms with E-state index in [9.17, 15) is 19.0 Å². The van der Waals surface area contributed by atoms with Crippen LogP contribution in [-0.4, -0.2) is 62.8 Å². The van der Waals surface area contributed by atoms with Crippen LogP contribution in [-0.2, 0) is 19.5 Å². The van der Waals surface area contributed by atoms with Crippen LogP contribution in [0.25, 0.3) is 10.9 Å². The maximum absolute atomic E-state index is 13.8. The average molecular weight is 593 g/mol. The van der Waals surface area contributed by atoms with E-state index in [1.165, 1.54) is 0 Å². The molecule has 2 heterocycles. The number of hydrogen-bond acceptors (Lipinski definition) is 7. The number of anilines is 1. The standard InChI is InChI=1S/C32H40N4O5S/c1-3-35-15-13-27-29(35)19-25(20-30(27)36-14-8-16-42(36,39)40)32(38)34-28(18-23-9-5-4-6-10-23)31(37)22-33-21-24-11-7-12-26(17-24)41-2/h4-7,9-13,15,17,19-20,28,31,33,37,39-40H,3,8,14,16,18,21-22H2,1-2H3,(H,34,38)/t28-,31-/m0/s1. The van der Waals surface area contributed by atoms with E-state index < -0.39 is 22.9 Å². The monoisotopic (exact) mass is 592 g/mol. The number of carbonyl (C=O) groups is 1. The molecule has 2 atom stereocenters. The Kier molecular flexibility index (Phi) is 9.40. The molecule has 3 aromatic carbocycles. The van der Waals surface area contributed by atoms with Crippen molar-refractivity contribution in [2.45, 2.75) is 45.0 Å². The predicted molar refractivity (Wildman–Crippen MR) is 169 cm³/mol. The first kappa shape index (κ1) is 29.9. The highest BCUT2D eigenvalue weighted by atomic mass is 32.3. The molecule has 10 heteroatoms. The smallest absolute Gasteiger partial charge is 0.251 e. The lowest BCUT2D eigenvalue weighted by molar-refractivity contribution is 0.0830. The van der Waals surface area contributed by atoms with Crippen molar-refractivity contribution < 1.29 is 23.7 Å². The van der Waals surface area contributed by atoms with Crippen LogP contribution in [0.3, 0.4) is 0 Å². The summed E-state index contributed by atoms with van der Waals surface area (Å²) in [5, 5.41) is 18.5. The number of aromatic nitrogens is 1. The van der Waals surface area contributed by atoms with Crippen molar-refractivity contribution in [3.63, 3.8) is 0 Å². The normalized spacial score (nSPS) is 16.7. The SMILES string of the molecule is CCn1ccc2c(N3CCCS3(O)O)cc(C(=O)N[C@@H](Cc3ccccc3)[C@@H](O)CNCc3cccc(OC)c3)cc21. The molecule has 5 rings (SSSR count). The Balaban J connectivity index is 1.38. The van der Waals surface area contributed by atoms with Gasteiger partial charge in [0.15, 0.2) is 0 Å². The number of benzene rings is 3. The van der Waals surface area contributed by atoms with Gasteiger partial charge in [-0.2, -0.15) is 0 Å². The molecule has 1 aromatic heterocycles. The molecule has 0 saturated carbocycles. The molecule has 1 fully saturated rings. The minimum Gasteiger partial charge on any atom is -0.497 e. The Bertz CT molecular complexity index is 1510. The fourth-order valence-corrected chi connectivity index (χ4v) is 7.14. The van der Waals surface area contributed by atoms with Crippen molar-refractivity contribution in [2.24, 2.45) is 0 Å². The molecule has 0 aliphatic carbocycles. The van der Waals surface area contributed by atoms with E-state index in [-0.39, 0.29) is 12.5 Å². The fourth-order valence-electron chi connectivity index (χ4n) is 5.52. The summed E-state index contributed by atoms with van der Waals surface area (Å²) >= 11 is 0. The van der Waals surface area contributed by atoms with E-state index in [0.29, 0.717) is 49.5 Å². The molecule has 0 radical (unpaired) electrons.